The van der Waals surface area contributed by atoms with Crippen LogP contribution < -0.4 is 10.2 Å². The summed E-state index contributed by atoms with van der Waals surface area (Å²) in [5, 5.41) is 2.99. The fraction of sp³-hybridized carbons (Fsp3) is 0.458. The van der Waals surface area contributed by atoms with Crippen molar-refractivity contribution in [3.8, 4) is 0 Å². The molecular weight excluding hydrogens is 435 g/mol. The Labute approximate surface area is 190 Å². The Bertz CT molecular complexity index is 1020. The molecular formula is C24H26F3N3O3. The molecule has 1 atom stereocenters. The Morgan fingerprint density at radius 1 is 1.21 bits per heavy atom. The molecule has 6 nitrogen and oxygen atoms in total. The van der Waals surface area contributed by atoms with Crippen molar-refractivity contribution in [2.45, 2.75) is 50.2 Å². The van der Waals surface area contributed by atoms with Crippen LogP contribution in [0.3, 0.4) is 0 Å². The lowest BCUT2D eigenvalue weighted by molar-refractivity contribution is -0.144. The van der Waals surface area contributed by atoms with E-state index in [9.17, 15) is 22.8 Å². The Kier molecular flexibility index (Phi) is 6.32. The van der Waals surface area contributed by atoms with E-state index >= 15 is 0 Å². The molecule has 1 aromatic carbocycles. The minimum atomic E-state index is -4.50. The molecule has 0 bridgehead atoms. The van der Waals surface area contributed by atoms with Gasteiger partial charge in [0, 0.05) is 26.2 Å². The van der Waals surface area contributed by atoms with Crippen molar-refractivity contribution in [2.24, 2.45) is 0 Å². The standard InChI is InChI=1S/C24H26F3N3O3/c1-16(31)33-15-23(29-22(32)10-17-2-4-18(5-3-17)19-6-7-19)8-9-30(14-23)21-11-20(12-28-13-21)24(25,26)27/h2-5,11-13,19H,6-10,14-15H2,1H3,(H,29,32). The Hall–Kier alpha value is -3.10. The maximum absolute atomic E-state index is 13.1. The number of carbonyl (C=O) groups is 2. The summed E-state index contributed by atoms with van der Waals surface area (Å²) in [6.45, 7) is 1.81. The van der Waals surface area contributed by atoms with E-state index in [4.69, 9.17) is 4.74 Å². The van der Waals surface area contributed by atoms with Crippen molar-refractivity contribution in [2.75, 3.05) is 24.6 Å². The van der Waals surface area contributed by atoms with Gasteiger partial charge in [0.2, 0.25) is 5.91 Å². The van der Waals surface area contributed by atoms with Gasteiger partial charge in [-0.2, -0.15) is 13.2 Å². The number of carbonyl (C=O) groups excluding carboxylic acids is 2. The van der Waals surface area contributed by atoms with Gasteiger partial charge >= 0.3 is 12.1 Å². The topological polar surface area (TPSA) is 71.5 Å². The first-order valence-electron chi connectivity index (χ1n) is 10.9. The van der Waals surface area contributed by atoms with Gasteiger partial charge in [0.15, 0.2) is 0 Å². The number of nitrogens with zero attached hydrogens (tertiary/aromatic N) is 2. The lowest BCUT2D eigenvalue weighted by atomic mass is 9.98. The predicted octanol–water partition coefficient (Wildman–Crippen LogP) is 3.85. The number of rotatable bonds is 7. The molecule has 1 saturated heterocycles. The van der Waals surface area contributed by atoms with E-state index in [0.29, 0.717) is 24.6 Å². The van der Waals surface area contributed by atoms with Gasteiger partial charge in [-0.05, 0) is 42.4 Å². The van der Waals surface area contributed by atoms with Crippen LogP contribution in [-0.2, 0) is 26.9 Å². The second kappa shape index (κ2) is 9.03. The number of ether oxygens (including phenoxy) is 1. The number of esters is 1. The van der Waals surface area contributed by atoms with E-state index in [1.165, 1.54) is 31.5 Å². The molecule has 9 heteroatoms. The van der Waals surface area contributed by atoms with Gasteiger partial charge in [-0.3, -0.25) is 14.6 Å². The molecule has 1 aliphatic heterocycles. The number of benzene rings is 1. The Morgan fingerprint density at radius 3 is 2.58 bits per heavy atom. The third-order valence-corrected chi connectivity index (χ3v) is 6.12. The van der Waals surface area contributed by atoms with Crippen LogP contribution in [0.25, 0.3) is 0 Å². The monoisotopic (exact) mass is 461 g/mol. The first kappa shape index (κ1) is 23.1. The van der Waals surface area contributed by atoms with Crippen LogP contribution in [0.5, 0.6) is 0 Å². The molecule has 2 heterocycles. The largest absolute Gasteiger partial charge is 0.463 e. The van der Waals surface area contributed by atoms with Gasteiger partial charge in [-0.1, -0.05) is 24.3 Å². The molecule has 2 fully saturated rings. The number of aromatic nitrogens is 1. The van der Waals surface area contributed by atoms with Gasteiger partial charge in [-0.25, -0.2) is 0 Å². The van der Waals surface area contributed by atoms with Crippen LogP contribution in [0.2, 0.25) is 0 Å². The van der Waals surface area contributed by atoms with Crippen LogP contribution >= 0.6 is 0 Å². The van der Waals surface area contributed by atoms with Crippen LogP contribution in [-0.4, -0.2) is 42.1 Å². The summed E-state index contributed by atoms with van der Waals surface area (Å²) >= 11 is 0. The zero-order valence-corrected chi connectivity index (χ0v) is 18.3. The third kappa shape index (κ3) is 5.83. The number of amides is 1. The first-order valence-corrected chi connectivity index (χ1v) is 10.9. The number of alkyl halides is 3. The average Bonchev–Trinajstić information content (AvgIpc) is 3.53. The van der Waals surface area contributed by atoms with Crippen LogP contribution in [0.4, 0.5) is 18.9 Å². The second-order valence-electron chi connectivity index (χ2n) is 8.90. The van der Waals surface area contributed by atoms with Crippen molar-refractivity contribution in [3.05, 3.63) is 59.4 Å². The van der Waals surface area contributed by atoms with Crippen molar-refractivity contribution >= 4 is 17.6 Å². The number of hydrogen-bond donors (Lipinski definition) is 1. The zero-order chi connectivity index (χ0) is 23.6. The quantitative estimate of drug-likeness (QED) is 0.635. The van der Waals surface area contributed by atoms with Gasteiger partial charge in [0.25, 0.3) is 0 Å². The highest BCUT2D eigenvalue weighted by Crippen LogP contribution is 2.40. The number of anilines is 1. The average molecular weight is 461 g/mol. The van der Waals surface area contributed by atoms with Crippen molar-refractivity contribution in [3.63, 3.8) is 0 Å². The van der Waals surface area contributed by atoms with E-state index in [1.54, 1.807) is 4.90 Å². The van der Waals surface area contributed by atoms with Gasteiger partial charge in [-0.15, -0.1) is 0 Å². The molecule has 1 aliphatic carbocycles. The lowest BCUT2D eigenvalue weighted by Gasteiger charge is -2.30. The van der Waals surface area contributed by atoms with Gasteiger partial charge in [0.1, 0.15) is 6.61 Å². The minimum Gasteiger partial charge on any atom is -0.463 e. The zero-order valence-electron chi connectivity index (χ0n) is 18.3. The molecule has 4 rings (SSSR count). The van der Waals surface area contributed by atoms with E-state index in [2.05, 4.69) is 10.3 Å². The lowest BCUT2D eigenvalue weighted by Crippen LogP contribution is -2.54. The molecule has 0 spiro atoms. The molecule has 1 amide bonds. The van der Waals surface area contributed by atoms with Crippen molar-refractivity contribution in [1.82, 2.24) is 10.3 Å². The van der Waals surface area contributed by atoms with Gasteiger partial charge in [0.05, 0.1) is 29.4 Å². The summed E-state index contributed by atoms with van der Waals surface area (Å²) in [5.74, 6) is -0.0847. The molecule has 2 aromatic rings. The Balaban J connectivity index is 1.46. The molecule has 1 unspecified atom stereocenters. The summed E-state index contributed by atoms with van der Waals surface area (Å²) in [6.07, 6.45) is 0.636. The number of nitrogens with one attached hydrogen (secondary N) is 1. The predicted molar refractivity (Wildman–Crippen MR) is 116 cm³/mol. The van der Waals surface area contributed by atoms with E-state index in [0.717, 1.165) is 17.8 Å². The molecule has 1 aromatic heterocycles. The van der Waals surface area contributed by atoms with Crippen LogP contribution in [0, 0.1) is 0 Å². The number of halogens is 3. The summed E-state index contributed by atoms with van der Waals surface area (Å²) < 4.78 is 44.5. The molecule has 176 valence electrons. The molecule has 0 radical (unpaired) electrons. The van der Waals surface area contributed by atoms with E-state index < -0.39 is 23.2 Å². The van der Waals surface area contributed by atoms with Crippen LogP contribution in [0.1, 0.15) is 48.8 Å². The van der Waals surface area contributed by atoms with Crippen molar-refractivity contribution < 1.29 is 27.5 Å². The van der Waals surface area contributed by atoms with Crippen LogP contribution in [0.15, 0.2) is 42.7 Å². The fourth-order valence-electron chi connectivity index (χ4n) is 4.19. The number of hydrogen-bond acceptors (Lipinski definition) is 5. The Morgan fingerprint density at radius 2 is 1.94 bits per heavy atom. The minimum absolute atomic E-state index is 0.0580. The maximum Gasteiger partial charge on any atom is 0.417 e. The summed E-state index contributed by atoms with van der Waals surface area (Å²) in [5.41, 5.74) is 0.726. The fourth-order valence-corrected chi connectivity index (χ4v) is 4.19. The highest BCUT2D eigenvalue weighted by atomic mass is 19.4. The highest BCUT2D eigenvalue weighted by Gasteiger charge is 2.41. The van der Waals surface area contributed by atoms with E-state index in [-0.39, 0.29) is 25.5 Å². The number of pyridine rings is 1. The summed E-state index contributed by atoms with van der Waals surface area (Å²) in [4.78, 5) is 29.7. The summed E-state index contributed by atoms with van der Waals surface area (Å²) in [7, 11) is 0. The SMILES string of the molecule is CC(=O)OCC1(NC(=O)Cc2ccc(C3CC3)cc2)CCN(c2cncc(C(F)(F)F)c2)C1. The molecule has 1 saturated carbocycles. The third-order valence-electron chi connectivity index (χ3n) is 6.12. The van der Waals surface area contributed by atoms with Crippen molar-refractivity contribution in [1.29, 1.82) is 0 Å². The van der Waals surface area contributed by atoms with Gasteiger partial charge < -0.3 is 15.0 Å². The highest BCUT2D eigenvalue weighted by molar-refractivity contribution is 5.79. The molecule has 2 aliphatic rings. The molecule has 1 N–H and O–H groups in total. The normalized spacial score (nSPS) is 20.5. The first-order chi connectivity index (χ1) is 15.6. The van der Waals surface area contributed by atoms with E-state index in [1.807, 2.05) is 24.3 Å². The molecule has 33 heavy (non-hydrogen) atoms. The second-order valence-corrected chi connectivity index (χ2v) is 8.90. The summed E-state index contributed by atoms with van der Waals surface area (Å²) in [6, 6.07) is 9.03. The smallest absolute Gasteiger partial charge is 0.417 e. The maximum atomic E-state index is 13.1.